The standard InChI is InChI=1S/C14H20O2/c1-4-6-8-12-9-11(7-5-2)10-13(16-3)14(12)15/h5,7,9-10,15H,4,6,8H2,1-3H3. The molecule has 1 rings (SSSR count). The predicted molar refractivity (Wildman–Crippen MR) is 68.0 cm³/mol. The van der Waals surface area contributed by atoms with Gasteiger partial charge in [0.25, 0.3) is 0 Å². The average molecular weight is 220 g/mol. The molecule has 0 radical (unpaired) electrons. The van der Waals surface area contributed by atoms with E-state index in [-0.39, 0.29) is 5.75 Å². The van der Waals surface area contributed by atoms with E-state index in [1.807, 2.05) is 31.2 Å². The van der Waals surface area contributed by atoms with Gasteiger partial charge < -0.3 is 9.84 Å². The van der Waals surface area contributed by atoms with Gasteiger partial charge in [0.1, 0.15) is 0 Å². The maximum absolute atomic E-state index is 9.96. The molecule has 88 valence electrons. The van der Waals surface area contributed by atoms with Crippen molar-refractivity contribution in [2.75, 3.05) is 7.11 Å². The Morgan fingerprint density at radius 3 is 2.69 bits per heavy atom. The van der Waals surface area contributed by atoms with Crippen LogP contribution in [0.4, 0.5) is 0 Å². The summed E-state index contributed by atoms with van der Waals surface area (Å²) in [5.74, 6) is 0.839. The molecule has 0 aromatic heterocycles. The van der Waals surface area contributed by atoms with E-state index < -0.39 is 0 Å². The van der Waals surface area contributed by atoms with Crippen molar-refractivity contribution in [3.63, 3.8) is 0 Å². The van der Waals surface area contributed by atoms with Crippen molar-refractivity contribution >= 4 is 6.08 Å². The first-order valence-electron chi connectivity index (χ1n) is 5.75. The van der Waals surface area contributed by atoms with Crippen LogP contribution in [0.3, 0.4) is 0 Å². The largest absolute Gasteiger partial charge is 0.504 e. The van der Waals surface area contributed by atoms with Crippen molar-refractivity contribution in [2.24, 2.45) is 0 Å². The molecule has 0 bridgehead atoms. The number of phenols is 1. The molecule has 0 fully saturated rings. The van der Waals surface area contributed by atoms with Crippen LogP contribution in [0.25, 0.3) is 6.08 Å². The Morgan fingerprint density at radius 2 is 2.12 bits per heavy atom. The summed E-state index contributed by atoms with van der Waals surface area (Å²) < 4.78 is 5.17. The number of rotatable bonds is 5. The lowest BCUT2D eigenvalue weighted by atomic mass is 10.0. The van der Waals surface area contributed by atoms with E-state index in [1.54, 1.807) is 7.11 Å². The molecular formula is C14H20O2. The third kappa shape index (κ3) is 3.02. The van der Waals surface area contributed by atoms with E-state index in [9.17, 15) is 5.11 Å². The molecule has 0 aliphatic carbocycles. The number of hydrogen-bond acceptors (Lipinski definition) is 2. The van der Waals surface area contributed by atoms with Crippen molar-refractivity contribution in [1.29, 1.82) is 0 Å². The summed E-state index contributed by atoms with van der Waals surface area (Å²) in [5, 5.41) is 9.96. The van der Waals surface area contributed by atoms with Crippen LogP contribution < -0.4 is 4.74 Å². The lowest BCUT2D eigenvalue weighted by molar-refractivity contribution is 0.370. The lowest BCUT2D eigenvalue weighted by Gasteiger charge is -2.10. The smallest absolute Gasteiger partial charge is 0.161 e. The molecule has 2 nitrogen and oxygen atoms in total. The number of allylic oxidation sites excluding steroid dienone is 1. The van der Waals surface area contributed by atoms with E-state index in [4.69, 9.17) is 4.74 Å². The minimum absolute atomic E-state index is 0.282. The Labute approximate surface area is 97.6 Å². The van der Waals surface area contributed by atoms with Crippen LogP contribution in [-0.4, -0.2) is 12.2 Å². The minimum atomic E-state index is 0.282. The van der Waals surface area contributed by atoms with Crippen LogP contribution in [0, 0.1) is 0 Å². The molecule has 1 N–H and O–H groups in total. The van der Waals surface area contributed by atoms with Gasteiger partial charge in [-0.1, -0.05) is 25.5 Å². The SMILES string of the molecule is CC=Cc1cc(CCCC)c(O)c(OC)c1. The normalized spacial score (nSPS) is 10.9. The van der Waals surface area contributed by atoms with Crippen LogP contribution in [0.15, 0.2) is 18.2 Å². The highest BCUT2D eigenvalue weighted by atomic mass is 16.5. The minimum Gasteiger partial charge on any atom is -0.504 e. The highest BCUT2D eigenvalue weighted by Crippen LogP contribution is 2.32. The molecule has 0 atom stereocenters. The van der Waals surface area contributed by atoms with Crippen LogP contribution in [0.2, 0.25) is 0 Å². The first-order valence-corrected chi connectivity index (χ1v) is 5.75. The number of phenolic OH excluding ortho intramolecular Hbond substituents is 1. The third-order valence-corrected chi connectivity index (χ3v) is 2.55. The number of aryl methyl sites for hydroxylation is 1. The van der Waals surface area contributed by atoms with Crippen molar-refractivity contribution in [3.8, 4) is 11.5 Å². The van der Waals surface area contributed by atoms with Gasteiger partial charge in [0, 0.05) is 0 Å². The van der Waals surface area contributed by atoms with Gasteiger partial charge in [0.2, 0.25) is 0 Å². The summed E-state index contributed by atoms with van der Waals surface area (Å²) >= 11 is 0. The first-order chi connectivity index (χ1) is 7.72. The molecule has 0 unspecified atom stereocenters. The summed E-state index contributed by atoms with van der Waals surface area (Å²) in [7, 11) is 1.58. The highest BCUT2D eigenvalue weighted by molar-refractivity contribution is 5.58. The van der Waals surface area contributed by atoms with Gasteiger partial charge >= 0.3 is 0 Å². The quantitative estimate of drug-likeness (QED) is 0.818. The summed E-state index contributed by atoms with van der Waals surface area (Å²) in [5.41, 5.74) is 2.04. The van der Waals surface area contributed by atoms with E-state index in [2.05, 4.69) is 6.92 Å². The van der Waals surface area contributed by atoms with Crippen molar-refractivity contribution < 1.29 is 9.84 Å². The van der Waals surface area contributed by atoms with Gasteiger partial charge in [-0.2, -0.15) is 0 Å². The fourth-order valence-corrected chi connectivity index (χ4v) is 1.69. The third-order valence-electron chi connectivity index (χ3n) is 2.55. The van der Waals surface area contributed by atoms with Gasteiger partial charge in [-0.25, -0.2) is 0 Å². The van der Waals surface area contributed by atoms with Crippen molar-refractivity contribution in [1.82, 2.24) is 0 Å². The average Bonchev–Trinajstić information content (AvgIpc) is 2.29. The Morgan fingerprint density at radius 1 is 1.38 bits per heavy atom. The predicted octanol–water partition coefficient (Wildman–Crippen LogP) is 3.78. The summed E-state index contributed by atoms with van der Waals surface area (Å²) in [6.45, 7) is 4.12. The van der Waals surface area contributed by atoms with Crippen LogP contribution >= 0.6 is 0 Å². The van der Waals surface area contributed by atoms with Gasteiger partial charge in [0.15, 0.2) is 11.5 Å². The highest BCUT2D eigenvalue weighted by Gasteiger charge is 2.08. The van der Waals surface area contributed by atoms with Gasteiger partial charge in [0.05, 0.1) is 7.11 Å². The molecule has 16 heavy (non-hydrogen) atoms. The molecule has 1 aromatic rings. The van der Waals surface area contributed by atoms with Crippen LogP contribution in [0.5, 0.6) is 11.5 Å². The monoisotopic (exact) mass is 220 g/mol. The fraction of sp³-hybridized carbons (Fsp3) is 0.429. The van der Waals surface area contributed by atoms with Gasteiger partial charge in [-0.3, -0.25) is 0 Å². The summed E-state index contributed by atoms with van der Waals surface area (Å²) in [6.07, 6.45) is 7.09. The van der Waals surface area contributed by atoms with Crippen molar-refractivity contribution in [2.45, 2.75) is 33.1 Å². The van der Waals surface area contributed by atoms with Gasteiger partial charge in [-0.15, -0.1) is 0 Å². The number of aromatic hydroxyl groups is 1. The lowest BCUT2D eigenvalue weighted by Crippen LogP contribution is -1.92. The molecule has 2 heteroatoms. The molecule has 0 spiro atoms. The molecule has 0 heterocycles. The number of hydrogen-bond donors (Lipinski definition) is 1. The van der Waals surface area contributed by atoms with Gasteiger partial charge in [-0.05, 0) is 43.0 Å². The second-order valence-corrected chi connectivity index (χ2v) is 3.83. The molecule has 0 amide bonds. The zero-order chi connectivity index (χ0) is 12.0. The molecule has 0 saturated carbocycles. The molecule has 1 aromatic carbocycles. The number of ether oxygens (including phenoxy) is 1. The number of benzene rings is 1. The Hall–Kier alpha value is -1.44. The fourth-order valence-electron chi connectivity index (χ4n) is 1.69. The molecule has 0 saturated heterocycles. The Bertz CT molecular complexity index is 367. The van der Waals surface area contributed by atoms with Crippen LogP contribution in [-0.2, 0) is 6.42 Å². The van der Waals surface area contributed by atoms with E-state index >= 15 is 0 Å². The Kier molecular flexibility index (Phi) is 4.90. The zero-order valence-electron chi connectivity index (χ0n) is 10.3. The first kappa shape index (κ1) is 12.6. The molecular weight excluding hydrogens is 200 g/mol. The van der Waals surface area contributed by atoms with Crippen LogP contribution in [0.1, 0.15) is 37.8 Å². The maximum Gasteiger partial charge on any atom is 0.161 e. The molecule has 0 aliphatic rings. The maximum atomic E-state index is 9.96. The number of methoxy groups -OCH3 is 1. The zero-order valence-corrected chi connectivity index (χ0v) is 10.3. The number of unbranched alkanes of at least 4 members (excludes halogenated alkanes) is 1. The summed E-state index contributed by atoms with van der Waals surface area (Å²) in [4.78, 5) is 0. The molecule has 0 aliphatic heterocycles. The topological polar surface area (TPSA) is 29.5 Å². The van der Waals surface area contributed by atoms with E-state index in [0.717, 1.165) is 30.4 Å². The van der Waals surface area contributed by atoms with E-state index in [0.29, 0.717) is 5.75 Å². The second kappa shape index (κ2) is 6.21. The van der Waals surface area contributed by atoms with E-state index in [1.165, 1.54) is 0 Å². The Balaban J connectivity index is 3.08. The second-order valence-electron chi connectivity index (χ2n) is 3.83. The van der Waals surface area contributed by atoms with Crippen molar-refractivity contribution in [3.05, 3.63) is 29.3 Å². The summed E-state index contributed by atoms with van der Waals surface area (Å²) in [6, 6.07) is 3.87.